The van der Waals surface area contributed by atoms with E-state index in [0.717, 1.165) is 36.5 Å². The van der Waals surface area contributed by atoms with Gasteiger partial charge in [-0.2, -0.15) is 4.37 Å². The quantitative estimate of drug-likeness (QED) is 0.928. The molecule has 0 radical (unpaired) electrons. The summed E-state index contributed by atoms with van der Waals surface area (Å²) in [5, 5.41) is 4.73. The minimum Gasteiger partial charge on any atom is -0.347 e. The summed E-state index contributed by atoms with van der Waals surface area (Å²) in [6, 6.07) is 0. The number of anilines is 1. The van der Waals surface area contributed by atoms with E-state index < -0.39 is 0 Å². The Morgan fingerprint density at radius 2 is 1.76 bits per heavy atom. The lowest BCUT2D eigenvalue weighted by atomic mass is 9.95. The van der Waals surface area contributed by atoms with Gasteiger partial charge in [0.05, 0.1) is 0 Å². The molecule has 0 atom stereocenters. The molecule has 0 spiro atoms. The standard InChI is InChI=1S/C16H30N4S/c1-15(2,3)13-18-14(21-19-13)20-9-7-12(8-10-20)11-17-16(4,5)6/h12,17H,7-11H2,1-6H3. The Balaban J connectivity index is 1.85. The van der Waals surface area contributed by atoms with Gasteiger partial charge in [0.25, 0.3) is 0 Å². The SMILES string of the molecule is CC(C)(C)NCC1CCN(c2nc(C(C)(C)C)ns2)CC1. The molecule has 0 saturated carbocycles. The summed E-state index contributed by atoms with van der Waals surface area (Å²) < 4.78 is 4.53. The first kappa shape index (κ1) is 16.7. The number of hydrogen-bond donors (Lipinski definition) is 1. The lowest BCUT2D eigenvalue weighted by Crippen LogP contribution is -2.43. The predicted octanol–water partition coefficient (Wildman–Crippen LogP) is 3.44. The van der Waals surface area contributed by atoms with Crippen molar-refractivity contribution < 1.29 is 0 Å². The van der Waals surface area contributed by atoms with Crippen LogP contribution in [0.3, 0.4) is 0 Å². The highest BCUT2D eigenvalue weighted by Gasteiger charge is 2.25. The molecule has 1 fully saturated rings. The van der Waals surface area contributed by atoms with Crippen LogP contribution in [0, 0.1) is 5.92 Å². The number of rotatable bonds is 3. The second-order valence-electron chi connectivity index (χ2n) is 8.21. The van der Waals surface area contributed by atoms with Crippen LogP contribution in [0.2, 0.25) is 0 Å². The predicted molar refractivity (Wildman–Crippen MR) is 91.3 cm³/mol. The van der Waals surface area contributed by atoms with Crippen molar-refractivity contribution in [3.8, 4) is 0 Å². The van der Waals surface area contributed by atoms with Gasteiger partial charge in [0.15, 0.2) is 0 Å². The smallest absolute Gasteiger partial charge is 0.205 e. The van der Waals surface area contributed by atoms with Gasteiger partial charge in [0, 0.05) is 35.6 Å². The minimum atomic E-state index is 0.0453. The van der Waals surface area contributed by atoms with Gasteiger partial charge in [0.2, 0.25) is 5.13 Å². The van der Waals surface area contributed by atoms with E-state index in [1.165, 1.54) is 12.8 Å². The van der Waals surface area contributed by atoms with Crippen LogP contribution in [-0.2, 0) is 5.41 Å². The molecule has 1 N–H and O–H groups in total. The van der Waals surface area contributed by atoms with Crippen molar-refractivity contribution >= 4 is 16.7 Å². The van der Waals surface area contributed by atoms with Crippen LogP contribution in [0.25, 0.3) is 0 Å². The zero-order chi connectivity index (χ0) is 15.7. The molecule has 2 heterocycles. The number of nitrogens with one attached hydrogen (secondary N) is 1. The monoisotopic (exact) mass is 310 g/mol. The summed E-state index contributed by atoms with van der Waals surface area (Å²) >= 11 is 1.55. The van der Waals surface area contributed by atoms with E-state index in [1.54, 1.807) is 11.5 Å². The third-order valence-electron chi connectivity index (χ3n) is 3.89. The third kappa shape index (κ3) is 4.92. The van der Waals surface area contributed by atoms with Gasteiger partial charge in [-0.15, -0.1) is 0 Å². The van der Waals surface area contributed by atoms with Crippen LogP contribution < -0.4 is 10.2 Å². The third-order valence-corrected chi connectivity index (χ3v) is 4.67. The fraction of sp³-hybridized carbons (Fsp3) is 0.875. The molecule has 0 unspecified atom stereocenters. The first-order valence-electron chi connectivity index (χ1n) is 7.99. The molecule has 5 heteroatoms. The fourth-order valence-electron chi connectivity index (χ4n) is 2.43. The number of nitrogens with zero attached hydrogens (tertiary/aromatic N) is 3. The van der Waals surface area contributed by atoms with Crippen molar-refractivity contribution in [1.82, 2.24) is 14.7 Å². The Bertz CT molecular complexity index is 448. The van der Waals surface area contributed by atoms with E-state index in [9.17, 15) is 0 Å². The lowest BCUT2D eigenvalue weighted by molar-refractivity contribution is 0.329. The summed E-state index contributed by atoms with van der Waals surface area (Å²) in [5.74, 6) is 1.76. The topological polar surface area (TPSA) is 41.0 Å². The van der Waals surface area contributed by atoms with Crippen LogP contribution in [0.1, 0.15) is 60.2 Å². The van der Waals surface area contributed by atoms with Gasteiger partial charge in [0.1, 0.15) is 5.82 Å². The highest BCUT2D eigenvalue weighted by atomic mass is 32.1. The first-order valence-corrected chi connectivity index (χ1v) is 8.77. The molecule has 21 heavy (non-hydrogen) atoms. The van der Waals surface area contributed by atoms with E-state index >= 15 is 0 Å². The van der Waals surface area contributed by atoms with Crippen molar-refractivity contribution in [3.05, 3.63) is 5.82 Å². The Hall–Kier alpha value is -0.680. The maximum atomic E-state index is 4.73. The normalized spacial score (nSPS) is 18.3. The van der Waals surface area contributed by atoms with Crippen molar-refractivity contribution in [1.29, 1.82) is 0 Å². The van der Waals surface area contributed by atoms with Gasteiger partial charge in [-0.1, -0.05) is 20.8 Å². The summed E-state index contributed by atoms with van der Waals surface area (Å²) in [6.45, 7) is 16.5. The van der Waals surface area contributed by atoms with Gasteiger partial charge in [-0.05, 0) is 46.1 Å². The molecule has 1 aliphatic heterocycles. The van der Waals surface area contributed by atoms with Crippen molar-refractivity contribution in [2.75, 3.05) is 24.5 Å². The Labute approximate surface area is 133 Å². The molecule has 0 amide bonds. The second-order valence-corrected chi connectivity index (χ2v) is 8.94. The Morgan fingerprint density at radius 1 is 1.14 bits per heavy atom. The Morgan fingerprint density at radius 3 is 2.24 bits per heavy atom. The van der Waals surface area contributed by atoms with E-state index in [0.29, 0.717) is 0 Å². The van der Waals surface area contributed by atoms with E-state index in [-0.39, 0.29) is 11.0 Å². The minimum absolute atomic E-state index is 0.0453. The molecule has 1 aromatic heterocycles. The second kappa shape index (κ2) is 6.21. The molecule has 0 bridgehead atoms. The number of piperidine rings is 1. The van der Waals surface area contributed by atoms with Crippen molar-refractivity contribution in [2.45, 2.75) is 65.3 Å². The molecule has 1 aliphatic rings. The maximum absolute atomic E-state index is 4.73. The summed E-state index contributed by atoms with van der Waals surface area (Å²) in [4.78, 5) is 7.14. The molecular weight excluding hydrogens is 280 g/mol. The zero-order valence-corrected chi connectivity index (χ0v) is 15.2. The largest absolute Gasteiger partial charge is 0.347 e. The van der Waals surface area contributed by atoms with Crippen LogP contribution in [0.5, 0.6) is 0 Å². The summed E-state index contributed by atoms with van der Waals surface area (Å²) in [5.41, 5.74) is 0.266. The van der Waals surface area contributed by atoms with Gasteiger partial charge < -0.3 is 10.2 Å². The molecule has 1 aromatic rings. The van der Waals surface area contributed by atoms with Crippen LogP contribution in [0.15, 0.2) is 0 Å². The Kier molecular flexibility index (Phi) is 4.93. The van der Waals surface area contributed by atoms with Crippen molar-refractivity contribution in [2.24, 2.45) is 5.92 Å². The summed E-state index contributed by atoms with van der Waals surface area (Å²) in [6.07, 6.45) is 2.49. The number of hydrogen-bond acceptors (Lipinski definition) is 5. The van der Waals surface area contributed by atoms with Gasteiger partial charge >= 0.3 is 0 Å². The van der Waals surface area contributed by atoms with E-state index in [4.69, 9.17) is 4.98 Å². The van der Waals surface area contributed by atoms with Crippen LogP contribution in [-0.4, -0.2) is 34.5 Å². The molecule has 4 nitrogen and oxygen atoms in total. The van der Waals surface area contributed by atoms with Crippen molar-refractivity contribution in [3.63, 3.8) is 0 Å². The average molecular weight is 311 g/mol. The first-order chi connectivity index (χ1) is 9.65. The van der Waals surface area contributed by atoms with Gasteiger partial charge in [-0.25, -0.2) is 4.98 Å². The molecular formula is C16H30N4S. The number of aromatic nitrogens is 2. The van der Waals surface area contributed by atoms with Crippen LogP contribution >= 0.6 is 11.5 Å². The summed E-state index contributed by atoms with van der Waals surface area (Å²) in [7, 11) is 0. The molecule has 0 aliphatic carbocycles. The van der Waals surface area contributed by atoms with E-state index in [1.807, 2.05) is 0 Å². The highest BCUT2D eigenvalue weighted by Crippen LogP contribution is 2.28. The van der Waals surface area contributed by atoms with Crippen LogP contribution in [0.4, 0.5) is 5.13 Å². The zero-order valence-electron chi connectivity index (χ0n) is 14.4. The van der Waals surface area contributed by atoms with E-state index in [2.05, 4.69) is 56.1 Å². The lowest BCUT2D eigenvalue weighted by Gasteiger charge is -2.33. The molecule has 1 saturated heterocycles. The molecule has 120 valence electrons. The molecule has 2 rings (SSSR count). The highest BCUT2D eigenvalue weighted by molar-refractivity contribution is 7.09. The molecule has 0 aromatic carbocycles. The van der Waals surface area contributed by atoms with Gasteiger partial charge in [-0.3, -0.25) is 0 Å². The fourth-order valence-corrected chi connectivity index (χ4v) is 3.34. The maximum Gasteiger partial charge on any atom is 0.205 e. The average Bonchev–Trinajstić information content (AvgIpc) is 2.85.